The number of aryl methyl sites for hydroxylation is 2. The Labute approximate surface area is 106 Å². The zero-order valence-corrected chi connectivity index (χ0v) is 10.8. The van der Waals surface area contributed by atoms with Crippen LogP contribution in [0.15, 0.2) is 30.6 Å². The molecule has 92 valence electrons. The van der Waals surface area contributed by atoms with Crippen LogP contribution in [0.3, 0.4) is 0 Å². The van der Waals surface area contributed by atoms with Gasteiger partial charge < -0.3 is 4.98 Å². The van der Waals surface area contributed by atoms with Gasteiger partial charge in [-0.15, -0.1) is 0 Å². The van der Waals surface area contributed by atoms with Crippen LogP contribution in [0.25, 0.3) is 11.0 Å². The van der Waals surface area contributed by atoms with E-state index in [1.165, 1.54) is 11.1 Å². The number of aromatic amines is 1. The summed E-state index contributed by atoms with van der Waals surface area (Å²) in [5.74, 6) is 0.947. The van der Waals surface area contributed by atoms with Crippen LogP contribution < -0.4 is 0 Å². The molecule has 0 aliphatic heterocycles. The Kier molecular flexibility index (Phi) is 2.44. The number of nitrogens with one attached hydrogen (secondary N) is 1. The predicted octanol–water partition coefficient (Wildman–Crippen LogP) is 2.99. The van der Waals surface area contributed by atoms with Crippen LogP contribution in [-0.2, 0) is 0 Å². The maximum Gasteiger partial charge on any atom is 0.131 e. The number of benzene rings is 1. The third-order valence-electron chi connectivity index (χ3n) is 3.26. The molecule has 4 heteroatoms. The quantitative estimate of drug-likeness (QED) is 0.748. The molecule has 0 aliphatic carbocycles. The first kappa shape index (κ1) is 11.0. The molecule has 1 aromatic carbocycles. The van der Waals surface area contributed by atoms with Crippen molar-refractivity contribution in [2.45, 2.75) is 26.8 Å². The van der Waals surface area contributed by atoms with E-state index in [-0.39, 0.29) is 6.04 Å². The zero-order valence-electron chi connectivity index (χ0n) is 10.8. The van der Waals surface area contributed by atoms with Gasteiger partial charge in [-0.1, -0.05) is 6.07 Å². The van der Waals surface area contributed by atoms with E-state index in [9.17, 15) is 0 Å². The molecular weight excluding hydrogens is 224 g/mol. The highest BCUT2D eigenvalue weighted by molar-refractivity contribution is 5.79. The Morgan fingerprint density at radius 1 is 1.28 bits per heavy atom. The lowest BCUT2D eigenvalue weighted by Crippen LogP contribution is -2.08. The van der Waals surface area contributed by atoms with Gasteiger partial charge in [0.25, 0.3) is 0 Å². The molecule has 1 N–H and O–H groups in total. The van der Waals surface area contributed by atoms with Crippen molar-refractivity contribution in [2.24, 2.45) is 0 Å². The van der Waals surface area contributed by atoms with E-state index in [2.05, 4.69) is 43.0 Å². The van der Waals surface area contributed by atoms with E-state index < -0.39 is 0 Å². The number of imidazole rings is 1. The number of nitrogens with zero attached hydrogens (tertiary/aromatic N) is 3. The monoisotopic (exact) mass is 240 g/mol. The maximum absolute atomic E-state index is 4.69. The normalized spacial score (nSPS) is 13.1. The number of aromatic nitrogens is 4. The molecule has 18 heavy (non-hydrogen) atoms. The molecule has 0 radical (unpaired) electrons. The van der Waals surface area contributed by atoms with E-state index in [0.29, 0.717) is 0 Å². The van der Waals surface area contributed by atoms with Crippen LogP contribution in [0, 0.1) is 13.8 Å². The lowest BCUT2D eigenvalue weighted by molar-refractivity contribution is 0.542. The zero-order chi connectivity index (χ0) is 12.7. The van der Waals surface area contributed by atoms with E-state index >= 15 is 0 Å². The Balaban J connectivity index is 2.11. The minimum Gasteiger partial charge on any atom is -0.340 e. The smallest absolute Gasteiger partial charge is 0.131 e. The molecule has 0 saturated heterocycles. The van der Waals surface area contributed by atoms with Gasteiger partial charge in [0.1, 0.15) is 11.9 Å². The van der Waals surface area contributed by atoms with Gasteiger partial charge in [-0.25, -0.2) is 4.98 Å². The summed E-state index contributed by atoms with van der Waals surface area (Å²) in [4.78, 5) is 8.09. The molecule has 1 unspecified atom stereocenters. The molecule has 0 bridgehead atoms. The molecule has 3 aromatic rings. The summed E-state index contributed by atoms with van der Waals surface area (Å²) < 4.78 is 1.90. The molecule has 0 fully saturated rings. The van der Waals surface area contributed by atoms with Gasteiger partial charge in [0.2, 0.25) is 0 Å². The van der Waals surface area contributed by atoms with E-state index in [0.717, 1.165) is 16.9 Å². The van der Waals surface area contributed by atoms with Crippen molar-refractivity contribution in [2.75, 3.05) is 0 Å². The van der Waals surface area contributed by atoms with Crippen LogP contribution in [0.5, 0.6) is 0 Å². The van der Waals surface area contributed by atoms with Crippen molar-refractivity contribution in [3.05, 3.63) is 47.5 Å². The van der Waals surface area contributed by atoms with Crippen molar-refractivity contribution in [3.8, 4) is 0 Å². The Bertz CT molecular complexity index is 679. The van der Waals surface area contributed by atoms with Crippen molar-refractivity contribution in [1.82, 2.24) is 19.7 Å². The fourth-order valence-electron chi connectivity index (χ4n) is 2.32. The van der Waals surface area contributed by atoms with Crippen molar-refractivity contribution < 1.29 is 0 Å². The number of H-pyrrole nitrogens is 1. The van der Waals surface area contributed by atoms with Gasteiger partial charge in [0.15, 0.2) is 0 Å². The largest absolute Gasteiger partial charge is 0.340 e. The highest BCUT2D eigenvalue weighted by atomic mass is 15.3. The van der Waals surface area contributed by atoms with Gasteiger partial charge in [-0.2, -0.15) is 5.10 Å². The van der Waals surface area contributed by atoms with Crippen molar-refractivity contribution in [3.63, 3.8) is 0 Å². The van der Waals surface area contributed by atoms with Crippen LogP contribution >= 0.6 is 0 Å². The second-order valence-corrected chi connectivity index (χ2v) is 4.76. The van der Waals surface area contributed by atoms with E-state index in [1.54, 1.807) is 6.20 Å². The highest BCUT2D eigenvalue weighted by Crippen LogP contribution is 2.22. The summed E-state index contributed by atoms with van der Waals surface area (Å²) in [6.07, 6.45) is 3.74. The minimum absolute atomic E-state index is 0.118. The number of hydrogen-bond acceptors (Lipinski definition) is 2. The summed E-state index contributed by atoms with van der Waals surface area (Å²) in [7, 11) is 0. The molecule has 0 spiro atoms. The number of hydrogen-bond donors (Lipinski definition) is 1. The summed E-state index contributed by atoms with van der Waals surface area (Å²) in [5.41, 5.74) is 4.61. The van der Waals surface area contributed by atoms with Gasteiger partial charge in [0, 0.05) is 12.4 Å². The highest BCUT2D eigenvalue weighted by Gasteiger charge is 2.13. The first-order valence-electron chi connectivity index (χ1n) is 6.11. The van der Waals surface area contributed by atoms with Crippen LogP contribution in [-0.4, -0.2) is 19.7 Å². The molecule has 2 aromatic heterocycles. The lowest BCUT2D eigenvalue weighted by Gasteiger charge is -2.08. The molecule has 0 aliphatic rings. The fourth-order valence-corrected chi connectivity index (χ4v) is 2.32. The van der Waals surface area contributed by atoms with E-state index in [1.807, 2.05) is 16.9 Å². The molecular formula is C14H16N4. The van der Waals surface area contributed by atoms with Crippen molar-refractivity contribution in [1.29, 1.82) is 0 Å². The average Bonchev–Trinajstić information content (AvgIpc) is 2.96. The van der Waals surface area contributed by atoms with Gasteiger partial charge in [-0.05, 0) is 44.0 Å². The third-order valence-corrected chi connectivity index (χ3v) is 3.26. The molecule has 0 amide bonds. The number of fused-ring (bicyclic) bond motifs is 1. The van der Waals surface area contributed by atoms with Crippen LogP contribution in [0.4, 0.5) is 0 Å². The first-order valence-corrected chi connectivity index (χ1v) is 6.11. The summed E-state index contributed by atoms with van der Waals surface area (Å²) >= 11 is 0. The summed E-state index contributed by atoms with van der Waals surface area (Å²) in [6.45, 7) is 6.29. The van der Waals surface area contributed by atoms with Gasteiger partial charge >= 0.3 is 0 Å². The van der Waals surface area contributed by atoms with Crippen LogP contribution in [0.2, 0.25) is 0 Å². The van der Waals surface area contributed by atoms with E-state index in [4.69, 9.17) is 4.98 Å². The third kappa shape index (κ3) is 1.70. The molecule has 1 atom stereocenters. The average molecular weight is 240 g/mol. The SMILES string of the molecule is Cc1cc(C)c2nc(C(C)n3cccn3)[nH]c2c1. The molecule has 0 saturated carbocycles. The maximum atomic E-state index is 4.69. The summed E-state index contributed by atoms with van der Waals surface area (Å²) in [5, 5.41) is 4.26. The Hall–Kier alpha value is -2.10. The molecule has 4 nitrogen and oxygen atoms in total. The first-order chi connectivity index (χ1) is 8.65. The number of rotatable bonds is 2. The lowest BCUT2D eigenvalue weighted by atomic mass is 10.1. The van der Waals surface area contributed by atoms with Crippen molar-refractivity contribution >= 4 is 11.0 Å². The standard InChI is InChI=1S/C14H16N4/c1-9-7-10(2)13-12(8-9)16-14(17-13)11(3)18-6-4-5-15-18/h4-8,11H,1-3H3,(H,16,17). The molecule has 2 heterocycles. The van der Waals surface area contributed by atoms with Crippen LogP contribution in [0.1, 0.15) is 29.9 Å². The molecule has 3 rings (SSSR count). The fraction of sp³-hybridized carbons (Fsp3) is 0.286. The minimum atomic E-state index is 0.118. The predicted molar refractivity (Wildman–Crippen MR) is 71.6 cm³/mol. The van der Waals surface area contributed by atoms with Gasteiger partial charge in [0.05, 0.1) is 11.0 Å². The van der Waals surface area contributed by atoms with Gasteiger partial charge in [-0.3, -0.25) is 4.68 Å². The second kappa shape index (κ2) is 3.98. The summed E-state index contributed by atoms with van der Waals surface area (Å²) in [6, 6.07) is 6.33. The topological polar surface area (TPSA) is 46.5 Å². The Morgan fingerprint density at radius 3 is 2.83 bits per heavy atom. The Morgan fingerprint density at radius 2 is 2.11 bits per heavy atom. The second-order valence-electron chi connectivity index (χ2n) is 4.76.